The van der Waals surface area contributed by atoms with Crippen LogP contribution in [0.5, 0.6) is 0 Å². The van der Waals surface area contributed by atoms with Crippen molar-refractivity contribution in [3.8, 4) is 0 Å². The second-order valence-electron chi connectivity index (χ2n) is 12.4. The number of nitrogens with two attached hydrogens (primary N) is 1. The molecule has 0 bridgehead atoms. The van der Waals surface area contributed by atoms with Crippen molar-refractivity contribution in [1.29, 1.82) is 0 Å². The second-order valence-corrected chi connectivity index (χ2v) is 12.4. The molecule has 2 aromatic rings. The van der Waals surface area contributed by atoms with Gasteiger partial charge in [0.25, 0.3) is 0 Å². The lowest BCUT2D eigenvalue weighted by atomic mass is 9.67. The van der Waals surface area contributed by atoms with Crippen LogP contribution in [0.2, 0.25) is 0 Å². The number of fused-ring (bicyclic) bond motifs is 3. The average Bonchev–Trinajstić information content (AvgIpc) is 3.41. The molecule has 206 valence electrons. The number of rotatable bonds is 6. The van der Waals surface area contributed by atoms with E-state index in [2.05, 4.69) is 19.9 Å². The molecule has 0 aliphatic heterocycles. The van der Waals surface area contributed by atoms with Crippen molar-refractivity contribution >= 4 is 16.9 Å². The first-order chi connectivity index (χ1) is 18.1. The smallest absolute Gasteiger partial charge is 0.142 e. The number of hydrogen-bond acceptors (Lipinski definition) is 6. The van der Waals surface area contributed by atoms with E-state index < -0.39 is 6.23 Å². The molecule has 0 amide bonds. The molecule has 4 saturated carbocycles. The maximum Gasteiger partial charge on any atom is 0.142 e. The van der Waals surface area contributed by atoms with E-state index in [1.54, 1.807) is 6.33 Å². The fraction of sp³-hybridized carbons (Fsp3) is 0.800. The number of nitrogens with zero attached hydrogens (tertiary/aromatic N) is 3. The van der Waals surface area contributed by atoms with Crippen LogP contribution in [-0.2, 0) is 0 Å². The summed E-state index contributed by atoms with van der Waals surface area (Å²) < 4.78 is 0. The van der Waals surface area contributed by atoms with Gasteiger partial charge in [0.1, 0.15) is 24.0 Å². The Kier molecular flexibility index (Phi) is 9.37. The van der Waals surface area contributed by atoms with Crippen LogP contribution in [0, 0.1) is 29.6 Å². The topological polar surface area (TPSA) is 111 Å². The Hall–Kier alpha value is -1.70. The van der Waals surface area contributed by atoms with E-state index in [-0.39, 0.29) is 6.61 Å². The summed E-state index contributed by atoms with van der Waals surface area (Å²) in [6.45, 7) is 0.819. The minimum Gasteiger partial charge on any atom is -0.395 e. The van der Waals surface area contributed by atoms with Gasteiger partial charge < -0.3 is 25.8 Å². The Bertz CT molecular complexity index is 964. The number of nitrogens with one attached hydrogen (secondary N) is 1. The van der Waals surface area contributed by atoms with Crippen molar-refractivity contribution in [2.75, 3.05) is 18.1 Å². The molecule has 37 heavy (non-hydrogen) atoms. The van der Waals surface area contributed by atoms with Crippen molar-refractivity contribution in [2.24, 2.45) is 35.3 Å². The minimum absolute atomic E-state index is 0.167. The van der Waals surface area contributed by atoms with Crippen molar-refractivity contribution in [2.45, 2.75) is 109 Å². The van der Waals surface area contributed by atoms with Gasteiger partial charge in [-0.15, -0.1) is 0 Å². The van der Waals surface area contributed by atoms with Gasteiger partial charge in [0, 0.05) is 18.8 Å². The van der Waals surface area contributed by atoms with Crippen LogP contribution in [0.15, 0.2) is 18.6 Å². The molecule has 4 fully saturated rings. The highest BCUT2D eigenvalue weighted by Gasteiger charge is 2.35. The van der Waals surface area contributed by atoms with Crippen LogP contribution < -0.4 is 10.6 Å². The molecule has 7 atom stereocenters. The Balaban J connectivity index is 0.000000171. The summed E-state index contributed by atoms with van der Waals surface area (Å²) in [7, 11) is 0. The predicted molar refractivity (Wildman–Crippen MR) is 149 cm³/mol. The maximum atomic E-state index is 9.59. The minimum atomic E-state index is -0.583. The molecular formula is C30H49N5O2. The lowest BCUT2D eigenvalue weighted by Crippen LogP contribution is -2.44. The van der Waals surface area contributed by atoms with Crippen LogP contribution in [0.25, 0.3) is 11.0 Å². The number of hydrogen-bond donors (Lipinski definition) is 4. The zero-order chi connectivity index (χ0) is 25.6. The fourth-order valence-electron chi connectivity index (χ4n) is 8.31. The lowest BCUT2D eigenvalue weighted by Gasteiger charge is -2.43. The zero-order valence-electron chi connectivity index (χ0n) is 22.6. The van der Waals surface area contributed by atoms with Crippen LogP contribution in [-0.4, -0.2) is 50.6 Å². The third-order valence-electron chi connectivity index (χ3n) is 10.1. The summed E-state index contributed by atoms with van der Waals surface area (Å²) in [5, 5.41) is 19.8. The number of aromatic nitrogens is 3. The van der Waals surface area contributed by atoms with Gasteiger partial charge in [-0.2, -0.15) is 0 Å². The Morgan fingerprint density at radius 1 is 0.892 bits per heavy atom. The van der Waals surface area contributed by atoms with Gasteiger partial charge in [-0.3, -0.25) is 0 Å². The SMILES string of the molecule is NC(O)CC1CCC2CCCCC2C1.OCCN(c1ncnc2[nH]ccc12)C1CCC2CCCCC2C1. The van der Waals surface area contributed by atoms with E-state index in [1.807, 2.05) is 12.3 Å². The molecule has 0 spiro atoms. The monoisotopic (exact) mass is 511 g/mol. The van der Waals surface area contributed by atoms with E-state index in [4.69, 9.17) is 5.73 Å². The number of aliphatic hydroxyl groups excluding tert-OH is 2. The maximum absolute atomic E-state index is 9.59. The standard InChI is InChI=1S/C18H26N4O.C12H23NO/c23-10-9-22(18-16-7-8-19-17(16)20-12-21-18)15-6-5-13-3-1-2-4-14(13)11-15;13-12(14)8-9-5-6-10-3-1-2-4-11(10)7-9/h7-8,12-15,23H,1-6,9-11H2,(H,19,20,21);9-12,14H,1-8,13H2. The quantitative estimate of drug-likeness (QED) is 0.388. The average molecular weight is 512 g/mol. The molecule has 7 unspecified atom stereocenters. The van der Waals surface area contributed by atoms with Crippen molar-refractivity contribution in [3.05, 3.63) is 18.6 Å². The van der Waals surface area contributed by atoms with Gasteiger partial charge >= 0.3 is 0 Å². The summed E-state index contributed by atoms with van der Waals surface area (Å²) in [5.74, 6) is 5.45. The Morgan fingerprint density at radius 2 is 1.57 bits per heavy atom. The number of anilines is 1. The summed E-state index contributed by atoms with van der Waals surface area (Å²) >= 11 is 0. The molecule has 0 radical (unpaired) electrons. The molecule has 4 aliphatic carbocycles. The van der Waals surface area contributed by atoms with Gasteiger partial charge in [-0.1, -0.05) is 57.8 Å². The van der Waals surface area contributed by atoms with Crippen LogP contribution in [0.4, 0.5) is 5.82 Å². The first-order valence-corrected chi connectivity index (χ1v) is 15.2. The van der Waals surface area contributed by atoms with Gasteiger partial charge in [0.15, 0.2) is 0 Å². The van der Waals surface area contributed by atoms with Crippen LogP contribution in [0.1, 0.15) is 96.3 Å². The Labute approximate surface area is 222 Å². The third-order valence-corrected chi connectivity index (χ3v) is 10.1. The highest BCUT2D eigenvalue weighted by atomic mass is 16.3. The van der Waals surface area contributed by atoms with E-state index in [0.717, 1.165) is 46.9 Å². The van der Waals surface area contributed by atoms with Crippen LogP contribution in [0.3, 0.4) is 0 Å². The molecule has 7 heteroatoms. The van der Waals surface area contributed by atoms with Crippen molar-refractivity contribution in [1.82, 2.24) is 15.0 Å². The molecule has 0 aromatic carbocycles. The molecule has 5 N–H and O–H groups in total. The molecular weight excluding hydrogens is 462 g/mol. The third kappa shape index (κ3) is 6.66. The highest BCUT2D eigenvalue weighted by Crippen LogP contribution is 2.44. The predicted octanol–water partition coefficient (Wildman–Crippen LogP) is 5.38. The van der Waals surface area contributed by atoms with E-state index >= 15 is 0 Å². The van der Waals surface area contributed by atoms with Crippen LogP contribution >= 0.6 is 0 Å². The van der Waals surface area contributed by atoms with Gasteiger partial charge in [-0.05, 0) is 74.2 Å². The molecule has 0 saturated heterocycles. The van der Waals surface area contributed by atoms with E-state index in [9.17, 15) is 10.2 Å². The zero-order valence-corrected chi connectivity index (χ0v) is 22.6. The summed E-state index contributed by atoms with van der Waals surface area (Å²) in [5.41, 5.74) is 6.33. The summed E-state index contributed by atoms with van der Waals surface area (Å²) in [6.07, 6.45) is 23.0. The number of aliphatic hydroxyl groups is 2. The second kappa shape index (κ2) is 12.9. The molecule has 2 aromatic heterocycles. The first kappa shape index (κ1) is 26.9. The first-order valence-electron chi connectivity index (χ1n) is 15.2. The van der Waals surface area contributed by atoms with Crippen molar-refractivity contribution < 1.29 is 10.2 Å². The highest BCUT2D eigenvalue weighted by molar-refractivity contribution is 5.87. The van der Waals surface area contributed by atoms with E-state index in [1.165, 1.54) is 89.9 Å². The molecule has 6 rings (SSSR count). The fourth-order valence-corrected chi connectivity index (χ4v) is 8.31. The Morgan fingerprint density at radius 3 is 2.27 bits per heavy atom. The molecule has 4 aliphatic rings. The summed E-state index contributed by atoms with van der Waals surface area (Å²) in [6, 6.07) is 2.54. The normalized spacial score (nSPS) is 32.5. The van der Waals surface area contributed by atoms with Gasteiger partial charge in [0.05, 0.1) is 12.0 Å². The van der Waals surface area contributed by atoms with Gasteiger partial charge in [-0.25, -0.2) is 9.97 Å². The molecule has 7 nitrogen and oxygen atoms in total. The van der Waals surface area contributed by atoms with E-state index in [0.29, 0.717) is 18.5 Å². The van der Waals surface area contributed by atoms with Crippen molar-refractivity contribution in [3.63, 3.8) is 0 Å². The molecule has 2 heterocycles. The summed E-state index contributed by atoms with van der Waals surface area (Å²) in [4.78, 5) is 14.4. The largest absolute Gasteiger partial charge is 0.395 e. The van der Waals surface area contributed by atoms with Gasteiger partial charge in [0.2, 0.25) is 0 Å². The lowest BCUT2D eigenvalue weighted by molar-refractivity contribution is 0.0849. The number of H-pyrrole nitrogens is 1. The number of aromatic amines is 1.